The number of nitrogens with zero attached hydrogens (tertiary/aromatic N) is 3. The number of nitriles is 1. The third-order valence-corrected chi connectivity index (χ3v) is 4.89. The number of anilines is 2. The van der Waals surface area contributed by atoms with E-state index in [2.05, 4.69) is 26.7 Å². The maximum Gasteiger partial charge on any atom is 0.224 e. The molecule has 1 saturated carbocycles. The van der Waals surface area contributed by atoms with Gasteiger partial charge in [-0.3, -0.25) is 0 Å². The number of aliphatic hydroxyl groups excluding tert-OH is 1. The van der Waals surface area contributed by atoms with Crippen molar-refractivity contribution in [1.82, 2.24) is 9.97 Å². The van der Waals surface area contributed by atoms with Gasteiger partial charge in [0.2, 0.25) is 5.95 Å². The Morgan fingerprint density at radius 3 is 2.84 bits per heavy atom. The van der Waals surface area contributed by atoms with Crippen molar-refractivity contribution in [3.05, 3.63) is 35.4 Å². The fourth-order valence-corrected chi connectivity index (χ4v) is 2.89. The van der Waals surface area contributed by atoms with E-state index in [0.29, 0.717) is 30.3 Å². The van der Waals surface area contributed by atoms with E-state index in [1.165, 1.54) is 6.20 Å². The molecule has 3 rings (SSSR count). The number of aromatic nitrogens is 2. The molecule has 1 aliphatic carbocycles. The maximum atomic E-state index is 9.87. The van der Waals surface area contributed by atoms with Crippen LogP contribution in [0.1, 0.15) is 37.4 Å². The van der Waals surface area contributed by atoms with Crippen molar-refractivity contribution in [1.29, 1.82) is 5.26 Å². The highest BCUT2D eigenvalue weighted by Gasteiger charge is 2.47. The van der Waals surface area contributed by atoms with Crippen LogP contribution in [0.4, 0.5) is 11.8 Å². The second-order valence-electron chi connectivity index (χ2n) is 7.03. The smallest absolute Gasteiger partial charge is 0.224 e. The quantitative estimate of drug-likeness (QED) is 0.741. The van der Waals surface area contributed by atoms with Crippen LogP contribution >= 0.6 is 0 Å². The summed E-state index contributed by atoms with van der Waals surface area (Å²) in [6.45, 7) is 6.54. The molecule has 1 unspecified atom stereocenters. The zero-order chi connectivity index (χ0) is 18.0. The molecule has 0 spiro atoms. The molecule has 0 radical (unpaired) electrons. The summed E-state index contributed by atoms with van der Waals surface area (Å²) in [5.41, 5.74) is 0.145. The summed E-state index contributed by atoms with van der Waals surface area (Å²) in [6.07, 6.45) is 2.54. The van der Waals surface area contributed by atoms with Gasteiger partial charge < -0.3 is 20.2 Å². The van der Waals surface area contributed by atoms with Crippen LogP contribution < -0.4 is 10.6 Å². The Hall–Kier alpha value is -2.59. The van der Waals surface area contributed by atoms with Crippen molar-refractivity contribution >= 4 is 11.8 Å². The molecule has 1 fully saturated rings. The van der Waals surface area contributed by atoms with E-state index in [1.807, 2.05) is 32.9 Å². The molecule has 2 heterocycles. The second-order valence-corrected chi connectivity index (χ2v) is 7.03. The van der Waals surface area contributed by atoms with Gasteiger partial charge in [-0.2, -0.15) is 10.2 Å². The van der Waals surface area contributed by atoms with E-state index in [0.717, 1.165) is 17.9 Å². The highest BCUT2D eigenvalue weighted by atomic mass is 16.3. The summed E-state index contributed by atoms with van der Waals surface area (Å²) in [4.78, 5) is 8.61. The van der Waals surface area contributed by atoms with Gasteiger partial charge in [0.05, 0.1) is 12.3 Å². The van der Waals surface area contributed by atoms with Gasteiger partial charge in [0, 0.05) is 24.4 Å². The molecule has 0 aromatic carbocycles. The van der Waals surface area contributed by atoms with Crippen LogP contribution in [0.5, 0.6) is 0 Å². The molecule has 132 valence electrons. The average Bonchev–Trinajstić information content (AvgIpc) is 3.00. The third-order valence-electron chi connectivity index (χ3n) is 4.89. The van der Waals surface area contributed by atoms with Gasteiger partial charge in [0.1, 0.15) is 29.0 Å². The minimum Gasteiger partial charge on any atom is -0.466 e. The monoisotopic (exact) mass is 341 g/mol. The first-order chi connectivity index (χ1) is 11.9. The minimum atomic E-state index is -0.341. The Labute approximate surface area is 147 Å². The van der Waals surface area contributed by atoms with E-state index < -0.39 is 0 Å². The van der Waals surface area contributed by atoms with Crippen molar-refractivity contribution < 1.29 is 9.52 Å². The van der Waals surface area contributed by atoms with Crippen LogP contribution in [-0.2, 0) is 6.42 Å². The zero-order valence-electron chi connectivity index (χ0n) is 14.7. The van der Waals surface area contributed by atoms with Crippen LogP contribution in [0, 0.1) is 23.7 Å². The minimum absolute atomic E-state index is 0.0726. The lowest BCUT2D eigenvalue weighted by molar-refractivity contribution is -0.0511. The summed E-state index contributed by atoms with van der Waals surface area (Å²) in [6, 6.07) is 6.07. The summed E-state index contributed by atoms with van der Waals surface area (Å²) >= 11 is 0. The number of hydrogen-bond donors (Lipinski definition) is 3. The van der Waals surface area contributed by atoms with Crippen LogP contribution in [0.25, 0.3) is 0 Å². The van der Waals surface area contributed by atoms with Crippen molar-refractivity contribution in [3.63, 3.8) is 0 Å². The van der Waals surface area contributed by atoms with Crippen LogP contribution in [0.3, 0.4) is 0 Å². The first-order valence-electron chi connectivity index (χ1n) is 8.41. The molecule has 3 N–H and O–H groups in total. The van der Waals surface area contributed by atoms with E-state index in [-0.39, 0.29) is 17.6 Å². The molecule has 25 heavy (non-hydrogen) atoms. The first-order valence-corrected chi connectivity index (χ1v) is 8.41. The molecule has 0 aliphatic heterocycles. The average molecular weight is 341 g/mol. The SMILES string of the molecule is Cc1ccc(CCNc2ncc(C#N)c(NC3C[C@H](O)C3(C)C)n2)o1. The molecule has 7 nitrogen and oxygen atoms in total. The lowest BCUT2D eigenvalue weighted by Crippen LogP contribution is -2.57. The fourth-order valence-electron chi connectivity index (χ4n) is 2.89. The molecule has 1 aliphatic rings. The molecular weight excluding hydrogens is 318 g/mol. The van der Waals surface area contributed by atoms with Gasteiger partial charge in [-0.15, -0.1) is 0 Å². The van der Waals surface area contributed by atoms with Gasteiger partial charge in [0.25, 0.3) is 0 Å². The van der Waals surface area contributed by atoms with Crippen molar-refractivity contribution in [3.8, 4) is 6.07 Å². The van der Waals surface area contributed by atoms with Crippen molar-refractivity contribution in [2.75, 3.05) is 17.2 Å². The highest BCUT2D eigenvalue weighted by Crippen LogP contribution is 2.42. The second kappa shape index (κ2) is 6.73. The van der Waals surface area contributed by atoms with Crippen LogP contribution in [0.15, 0.2) is 22.7 Å². The van der Waals surface area contributed by atoms with Crippen molar-refractivity contribution in [2.45, 2.75) is 45.8 Å². The highest BCUT2D eigenvalue weighted by molar-refractivity contribution is 5.54. The topological polar surface area (TPSA) is 107 Å². The number of hydrogen-bond acceptors (Lipinski definition) is 7. The zero-order valence-corrected chi connectivity index (χ0v) is 14.7. The normalized spacial score (nSPS) is 21.2. The van der Waals surface area contributed by atoms with Crippen molar-refractivity contribution in [2.24, 2.45) is 5.41 Å². The lowest BCUT2D eigenvalue weighted by Gasteiger charge is -2.49. The van der Waals surface area contributed by atoms with E-state index in [1.54, 1.807) is 0 Å². The first kappa shape index (κ1) is 17.2. The van der Waals surface area contributed by atoms with E-state index >= 15 is 0 Å². The standard InChI is InChI=1S/C18H23N5O2/c1-11-4-5-13(25-11)6-7-20-17-21-10-12(9-19)16(23-17)22-14-8-15(24)18(14,2)3/h4-5,10,14-15,24H,6-8H2,1-3H3,(H2,20,21,22,23)/t14?,15-/m0/s1. The van der Waals surface area contributed by atoms with Gasteiger partial charge in [0.15, 0.2) is 0 Å². The molecule has 2 aromatic rings. The summed E-state index contributed by atoms with van der Waals surface area (Å²) in [7, 11) is 0. The number of rotatable bonds is 6. The predicted octanol–water partition coefficient (Wildman–Crippen LogP) is 2.48. The predicted molar refractivity (Wildman–Crippen MR) is 94.2 cm³/mol. The Morgan fingerprint density at radius 1 is 1.44 bits per heavy atom. The summed E-state index contributed by atoms with van der Waals surface area (Å²) in [5, 5.41) is 25.6. The maximum absolute atomic E-state index is 9.87. The van der Waals surface area contributed by atoms with E-state index in [4.69, 9.17) is 4.42 Å². The number of aryl methyl sites for hydroxylation is 1. The Balaban J connectivity index is 1.64. The molecule has 0 saturated heterocycles. The molecular formula is C18H23N5O2. The van der Waals surface area contributed by atoms with Gasteiger partial charge >= 0.3 is 0 Å². The fraction of sp³-hybridized carbons (Fsp3) is 0.500. The number of aliphatic hydroxyl groups is 1. The Morgan fingerprint density at radius 2 is 2.24 bits per heavy atom. The lowest BCUT2D eigenvalue weighted by atomic mass is 9.64. The third kappa shape index (κ3) is 3.59. The number of furan rings is 1. The molecule has 0 amide bonds. The number of nitrogens with one attached hydrogen (secondary N) is 2. The Kier molecular flexibility index (Phi) is 4.64. The van der Waals surface area contributed by atoms with Gasteiger partial charge in [-0.1, -0.05) is 13.8 Å². The molecule has 0 bridgehead atoms. The van der Waals surface area contributed by atoms with Gasteiger partial charge in [-0.25, -0.2) is 4.98 Å². The van der Waals surface area contributed by atoms with E-state index in [9.17, 15) is 10.4 Å². The van der Waals surface area contributed by atoms with Crippen LogP contribution in [0.2, 0.25) is 0 Å². The van der Waals surface area contributed by atoms with Crippen LogP contribution in [-0.4, -0.2) is 33.8 Å². The molecule has 7 heteroatoms. The summed E-state index contributed by atoms with van der Waals surface area (Å²) in [5.74, 6) is 2.75. The largest absolute Gasteiger partial charge is 0.466 e. The summed E-state index contributed by atoms with van der Waals surface area (Å²) < 4.78 is 5.53. The Bertz CT molecular complexity index is 793. The van der Waals surface area contributed by atoms with Gasteiger partial charge in [-0.05, 0) is 25.5 Å². The molecule has 2 atom stereocenters. The molecule has 2 aromatic heterocycles.